The molecule has 0 saturated carbocycles. The van der Waals surface area contributed by atoms with E-state index in [2.05, 4.69) is 33.4 Å². The van der Waals surface area contributed by atoms with Gasteiger partial charge >= 0.3 is 0 Å². The van der Waals surface area contributed by atoms with Crippen molar-refractivity contribution >= 4 is 21.6 Å². The zero-order chi connectivity index (χ0) is 10.5. The second-order valence-corrected chi connectivity index (χ2v) is 4.89. The minimum atomic E-state index is 0.665. The molecule has 0 aliphatic carbocycles. The number of hydrogen-bond donors (Lipinski definition) is 1. The molecule has 1 fully saturated rings. The average Bonchev–Trinajstić information content (AvgIpc) is 2.28. The molecule has 0 radical (unpaired) electrons. The van der Waals surface area contributed by atoms with Crippen molar-refractivity contribution in [3.8, 4) is 0 Å². The molecule has 1 saturated heterocycles. The highest BCUT2D eigenvalue weighted by atomic mass is 79.9. The molecule has 0 amide bonds. The van der Waals surface area contributed by atoms with Crippen molar-refractivity contribution in [2.75, 3.05) is 25.1 Å². The van der Waals surface area contributed by atoms with Gasteiger partial charge in [0.05, 0.1) is 6.61 Å². The normalized spacial score (nSPS) is 21.3. The number of anilines is 1. The number of benzene rings is 1. The molecular formula is C12H16BrNO. The molecule has 15 heavy (non-hydrogen) atoms. The van der Waals surface area contributed by atoms with Gasteiger partial charge in [-0.25, -0.2) is 0 Å². The SMILES string of the molecule is Brc1cccc(NCC2CCCOC2)c1. The Kier molecular flexibility index (Phi) is 4.03. The van der Waals surface area contributed by atoms with Crippen molar-refractivity contribution in [2.24, 2.45) is 5.92 Å². The molecule has 1 heterocycles. The summed E-state index contributed by atoms with van der Waals surface area (Å²) in [4.78, 5) is 0. The lowest BCUT2D eigenvalue weighted by Gasteiger charge is -2.22. The van der Waals surface area contributed by atoms with E-state index in [1.165, 1.54) is 18.5 Å². The van der Waals surface area contributed by atoms with Gasteiger partial charge in [-0.3, -0.25) is 0 Å². The maximum atomic E-state index is 5.44. The van der Waals surface area contributed by atoms with Gasteiger partial charge in [-0.05, 0) is 37.0 Å². The van der Waals surface area contributed by atoms with Crippen LogP contribution < -0.4 is 5.32 Å². The van der Waals surface area contributed by atoms with Gasteiger partial charge in [0.25, 0.3) is 0 Å². The zero-order valence-electron chi connectivity index (χ0n) is 8.71. The molecule has 2 rings (SSSR count). The molecule has 1 aromatic carbocycles. The molecular weight excluding hydrogens is 254 g/mol. The van der Waals surface area contributed by atoms with Gasteiger partial charge in [0.2, 0.25) is 0 Å². The Labute approximate surface area is 99.1 Å². The van der Waals surface area contributed by atoms with Crippen LogP contribution in [0.3, 0.4) is 0 Å². The molecule has 1 aromatic rings. The third-order valence-corrected chi connectivity index (χ3v) is 3.17. The Balaban J connectivity index is 1.81. The van der Waals surface area contributed by atoms with Crippen molar-refractivity contribution in [1.29, 1.82) is 0 Å². The van der Waals surface area contributed by atoms with Crippen molar-refractivity contribution in [2.45, 2.75) is 12.8 Å². The Morgan fingerprint density at radius 1 is 1.47 bits per heavy atom. The summed E-state index contributed by atoms with van der Waals surface area (Å²) < 4.78 is 6.56. The van der Waals surface area contributed by atoms with Gasteiger partial charge < -0.3 is 10.1 Å². The van der Waals surface area contributed by atoms with Crippen LogP contribution in [0, 0.1) is 5.92 Å². The molecule has 1 aliphatic rings. The summed E-state index contributed by atoms with van der Waals surface area (Å²) in [7, 11) is 0. The van der Waals surface area contributed by atoms with Gasteiger partial charge in [0, 0.05) is 23.3 Å². The van der Waals surface area contributed by atoms with E-state index in [0.717, 1.165) is 24.2 Å². The number of rotatable bonds is 3. The summed E-state index contributed by atoms with van der Waals surface area (Å²) in [5, 5.41) is 3.45. The van der Waals surface area contributed by atoms with Gasteiger partial charge in [0.15, 0.2) is 0 Å². The Morgan fingerprint density at radius 2 is 2.40 bits per heavy atom. The fraction of sp³-hybridized carbons (Fsp3) is 0.500. The van der Waals surface area contributed by atoms with E-state index in [1.807, 2.05) is 12.1 Å². The maximum absolute atomic E-state index is 5.44. The first-order valence-corrected chi connectivity index (χ1v) is 6.21. The van der Waals surface area contributed by atoms with Gasteiger partial charge in [-0.2, -0.15) is 0 Å². The molecule has 0 aromatic heterocycles. The molecule has 1 unspecified atom stereocenters. The second kappa shape index (κ2) is 5.52. The maximum Gasteiger partial charge on any atom is 0.0511 e. The number of hydrogen-bond acceptors (Lipinski definition) is 2. The second-order valence-electron chi connectivity index (χ2n) is 3.97. The highest BCUT2D eigenvalue weighted by molar-refractivity contribution is 9.10. The highest BCUT2D eigenvalue weighted by Gasteiger charge is 2.13. The third kappa shape index (κ3) is 3.50. The smallest absolute Gasteiger partial charge is 0.0511 e. The standard InChI is InChI=1S/C12H16BrNO/c13-11-4-1-5-12(7-11)14-8-10-3-2-6-15-9-10/h1,4-5,7,10,14H,2-3,6,8-9H2. The van der Waals surface area contributed by atoms with Crippen LogP contribution in [0.5, 0.6) is 0 Å². The highest BCUT2D eigenvalue weighted by Crippen LogP contribution is 2.18. The number of ether oxygens (including phenoxy) is 1. The van der Waals surface area contributed by atoms with Crippen molar-refractivity contribution in [1.82, 2.24) is 0 Å². The molecule has 1 aliphatic heterocycles. The van der Waals surface area contributed by atoms with Crippen molar-refractivity contribution < 1.29 is 4.74 Å². The quantitative estimate of drug-likeness (QED) is 0.910. The van der Waals surface area contributed by atoms with Crippen LogP contribution in [0.15, 0.2) is 28.7 Å². The summed E-state index contributed by atoms with van der Waals surface area (Å²) in [6, 6.07) is 8.27. The van der Waals surface area contributed by atoms with E-state index in [-0.39, 0.29) is 0 Å². The predicted molar refractivity (Wildman–Crippen MR) is 66.2 cm³/mol. The minimum absolute atomic E-state index is 0.665. The number of nitrogens with one attached hydrogen (secondary N) is 1. The van der Waals surface area contributed by atoms with E-state index in [1.54, 1.807) is 0 Å². The monoisotopic (exact) mass is 269 g/mol. The fourth-order valence-electron chi connectivity index (χ4n) is 1.83. The average molecular weight is 270 g/mol. The molecule has 1 atom stereocenters. The number of halogens is 1. The van der Waals surface area contributed by atoms with Gasteiger partial charge in [-0.1, -0.05) is 22.0 Å². The summed E-state index contributed by atoms with van der Waals surface area (Å²) in [5.41, 5.74) is 1.18. The van der Waals surface area contributed by atoms with E-state index in [4.69, 9.17) is 4.74 Å². The summed E-state index contributed by atoms with van der Waals surface area (Å²) in [6.07, 6.45) is 2.48. The van der Waals surface area contributed by atoms with Crippen LogP contribution in [0.25, 0.3) is 0 Å². The minimum Gasteiger partial charge on any atom is -0.385 e. The molecule has 3 heteroatoms. The first kappa shape index (κ1) is 11.0. The van der Waals surface area contributed by atoms with E-state index in [0.29, 0.717) is 5.92 Å². The molecule has 2 nitrogen and oxygen atoms in total. The van der Waals surface area contributed by atoms with E-state index in [9.17, 15) is 0 Å². The first-order valence-electron chi connectivity index (χ1n) is 5.42. The van der Waals surface area contributed by atoms with Crippen molar-refractivity contribution in [3.63, 3.8) is 0 Å². The predicted octanol–water partition coefficient (Wildman–Crippen LogP) is 3.29. The van der Waals surface area contributed by atoms with Crippen LogP contribution in [0.4, 0.5) is 5.69 Å². The lowest BCUT2D eigenvalue weighted by atomic mass is 10.0. The molecule has 0 spiro atoms. The van der Waals surface area contributed by atoms with Crippen LogP contribution >= 0.6 is 15.9 Å². The van der Waals surface area contributed by atoms with Crippen LogP contribution in [0.1, 0.15) is 12.8 Å². The third-order valence-electron chi connectivity index (χ3n) is 2.67. The summed E-state index contributed by atoms with van der Waals surface area (Å²) in [6.45, 7) is 2.85. The molecule has 1 N–H and O–H groups in total. The lowest BCUT2D eigenvalue weighted by Crippen LogP contribution is -2.24. The summed E-state index contributed by atoms with van der Waals surface area (Å²) >= 11 is 3.46. The Morgan fingerprint density at radius 3 is 3.13 bits per heavy atom. The summed E-state index contributed by atoms with van der Waals surface area (Å²) in [5.74, 6) is 0.665. The molecule has 82 valence electrons. The van der Waals surface area contributed by atoms with E-state index < -0.39 is 0 Å². The van der Waals surface area contributed by atoms with Crippen molar-refractivity contribution in [3.05, 3.63) is 28.7 Å². The van der Waals surface area contributed by atoms with Crippen LogP contribution in [-0.4, -0.2) is 19.8 Å². The molecule has 0 bridgehead atoms. The van der Waals surface area contributed by atoms with Gasteiger partial charge in [-0.15, -0.1) is 0 Å². The fourth-order valence-corrected chi connectivity index (χ4v) is 2.23. The Hall–Kier alpha value is -0.540. The topological polar surface area (TPSA) is 21.3 Å². The van der Waals surface area contributed by atoms with Gasteiger partial charge in [0.1, 0.15) is 0 Å². The zero-order valence-corrected chi connectivity index (χ0v) is 10.3. The largest absolute Gasteiger partial charge is 0.385 e. The van der Waals surface area contributed by atoms with E-state index >= 15 is 0 Å². The lowest BCUT2D eigenvalue weighted by molar-refractivity contribution is 0.0595. The first-order chi connectivity index (χ1) is 7.34. The Bertz CT molecular complexity index is 310. The van der Waals surface area contributed by atoms with Crippen LogP contribution in [-0.2, 0) is 4.74 Å². The van der Waals surface area contributed by atoms with Crippen LogP contribution in [0.2, 0.25) is 0 Å².